The summed E-state index contributed by atoms with van der Waals surface area (Å²) in [6.07, 6.45) is 3.25. The molecule has 0 spiro atoms. The number of carbonyl (C=O) groups is 1. The Balaban J connectivity index is 0.000000209. The summed E-state index contributed by atoms with van der Waals surface area (Å²) < 4.78 is 26.9. The normalized spacial score (nSPS) is 34.4. The highest BCUT2D eigenvalue weighted by molar-refractivity contribution is 7.85. The van der Waals surface area contributed by atoms with Gasteiger partial charge in [-0.2, -0.15) is 8.42 Å². The van der Waals surface area contributed by atoms with Gasteiger partial charge in [0.25, 0.3) is 10.1 Å². The SMILES string of the molecule is CC12CCC(CC1=O)C2(C)C.CCS(=O)(=O)O. The second-order valence-corrected chi connectivity index (χ2v) is 7.53. The maximum Gasteiger partial charge on any atom is 0.264 e. The zero-order valence-corrected chi connectivity index (χ0v) is 11.8. The van der Waals surface area contributed by atoms with Crippen molar-refractivity contribution in [3.05, 3.63) is 0 Å². The molecule has 2 rings (SSSR count). The highest BCUT2D eigenvalue weighted by Crippen LogP contribution is 2.63. The Hall–Kier alpha value is -0.420. The topological polar surface area (TPSA) is 71.4 Å². The van der Waals surface area contributed by atoms with E-state index in [2.05, 4.69) is 20.8 Å². The summed E-state index contributed by atoms with van der Waals surface area (Å²) in [6.45, 7) is 8.04. The van der Waals surface area contributed by atoms with E-state index in [9.17, 15) is 13.2 Å². The summed E-state index contributed by atoms with van der Waals surface area (Å²) >= 11 is 0. The minimum atomic E-state index is -3.66. The first-order valence-corrected chi connectivity index (χ1v) is 7.64. The average Bonchev–Trinajstić information content (AvgIpc) is 2.50. The number of ketones is 1. The molecule has 0 aromatic heterocycles. The number of fused-ring (bicyclic) bond motifs is 2. The largest absolute Gasteiger partial charge is 0.299 e. The van der Waals surface area contributed by atoms with Crippen LogP contribution < -0.4 is 0 Å². The number of carbonyl (C=O) groups excluding carboxylic acids is 1. The van der Waals surface area contributed by atoms with Crippen LogP contribution in [-0.4, -0.2) is 24.5 Å². The number of hydrogen-bond donors (Lipinski definition) is 1. The van der Waals surface area contributed by atoms with Crippen molar-refractivity contribution in [2.45, 2.75) is 47.0 Å². The van der Waals surface area contributed by atoms with Gasteiger partial charge < -0.3 is 0 Å². The van der Waals surface area contributed by atoms with E-state index in [1.165, 1.54) is 13.3 Å². The molecule has 2 bridgehead atoms. The Morgan fingerprint density at radius 3 is 1.94 bits per heavy atom. The van der Waals surface area contributed by atoms with Gasteiger partial charge in [0, 0.05) is 11.8 Å². The zero-order chi connectivity index (χ0) is 13.5. The minimum Gasteiger partial charge on any atom is -0.299 e. The molecule has 2 unspecified atom stereocenters. The quantitative estimate of drug-likeness (QED) is 0.736. The lowest BCUT2D eigenvalue weighted by Gasteiger charge is -2.32. The third-order valence-electron chi connectivity index (χ3n) is 4.85. The van der Waals surface area contributed by atoms with E-state index in [0.29, 0.717) is 11.7 Å². The van der Waals surface area contributed by atoms with Crippen molar-refractivity contribution in [2.24, 2.45) is 16.7 Å². The van der Waals surface area contributed by atoms with E-state index in [1.807, 2.05) is 0 Å². The Morgan fingerprint density at radius 2 is 1.82 bits per heavy atom. The van der Waals surface area contributed by atoms with Crippen LogP contribution in [0.5, 0.6) is 0 Å². The average molecular weight is 262 g/mol. The van der Waals surface area contributed by atoms with Crippen molar-refractivity contribution in [1.82, 2.24) is 0 Å². The van der Waals surface area contributed by atoms with Crippen LogP contribution in [0.25, 0.3) is 0 Å². The third-order valence-corrected chi connectivity index (χ3v) is 5.58. The van der Waals surface area contributed by atoms with Gasteiger partial charge in [0.2, 0.25) is 0 Å². The predicted molar refractivity (Wildman–Crippen MR) is 66.3 cm³/mol. The fourth-order valence-corrected chi connectivity index (χ4v) is 2.90. The Kier molecular flexibility index (Phi) is 3.75. The van der Waals surface area contributed by atoms with Crippen LogP contribution in [0.4, 0.5) is 0 Å². The van der Waals surface area contributed by atoms with Crippen molar-refractivity contribution in [3.63, 3.8) is 0 Å². The van der Waals surface area contributed by atoms with Crippen LogP contribution in [0, 0.1) is 16.7 Å². The van der Waals surface area contributed by atoms with E-state index < -0.39 is 10.1 Å². The summed E-state index contributed by atoms with van der Waals surface area (Å²) in [5, 5.41) is 0. The van der Waals surface area contributed by atoms with Gasteiger partial charge in [-0.1, -0.05) is 20.8 Å². The lowest BCUT2D eigenvalue weighted by Crippen LogP contribution is -2.32. The number of rotatable bonds is 1. The first-order chi connectivity index (χ1) is 7.54. The molecule has 2 saturated carbocycles. The van der Waals surface area contributed by atoms with Crippen LogP contribution in [0.15, 0.2) is 0 Å². The molecule has 2 aliphatic rings. The van der Waals surface area contributed by atoms with Gasteiger partial charge in [-0.25, -0.2) is 0 Å². The summed E-state index contributed by atoms with van der Waals surface area (Å²) in [4.78, 5) is 11.6. The monoisotopic (exact) mass is 262 g/mol. The first kappa shape index (κ1) is 14.6. The molecule has 0 aliphatic heterocycles. The molecule has 0 aromatic carbocycles. The van der Waals surface area contributed by atoms with E-state index in [0.717, 1.165) is 12.8 Å². The molecule has 0 amide bonds. The van der Waals surface area contributed by atoms with Gasteiger partial charge >= 0.3 is 0 Å². The molecular formula is C12H22O4S. The van der Waals surface area contributed by atoms with Crippen LogP contribution >= 0.6 is 0 Å². The van der Waals surface area contributed by atoms with Crippen LogP contribution in [-0.2, 0) is 14.9 Å². The van der Waals surface area contributed by atoms with Gasteiger partial charge in [0.1, 0.15) is 5.78 Å². The molecule has 4 nitrogen and oxygen atoms in total. The number of hydrogen-bond acceptors (Lipinski definition) is 3. The van der Waals surface area contributed by atoms with Crippen molar-refractivity contribution in [3.8, 4) is 0 Å². The van der Waals surface area contributed by atoms with Crippen molar-refractivity contribution in [2.75, 3.05) is 5.75 Å². The summed E-state index contributed by atoms with van der Waals surface area (Å²) in [7, 11) is -3.66. The Morgan fingerprint density at radius 1 is 1.35 bits per heavy atom. The van der Waals surface area contributed by atoms with Crippen molar-refractivity contribution >= 4 is 15.9 Å². The van der Waals surface area contributed by atoms with Crippen molar-refractivity contribution < 1.29 is 17.8 Å². The lowest BCUT2D eigenvalue weighted by molar-refractivity contribution is -0.128. The Labute approximate surface area is 104 Å². The number of Topliss-reactive ketones (excluding diaryl/α,β-unsaturated/α-hetero) is 1. The predicted octanol–water partition coefficient (Wildman–Crippen LogP) is 2.30. The maximum absolute atomic E-state index is 11.6. The van der Waals surface area contributed by atoms with Gasteiger partial charge in [0.15, 0.2) is 0 Å². The first-order valence-electron chi connectivity index (χ1n) is 6.03. The van der Waals surface area contributed by atoms with E-state index in [1.54, 1.807) is 0 Å². The van der Waals surface area contributed by atoms with Crippen LogP contribution in [0.2, 0.25) is 0 Å². The van der Waals surface area contributed by atoms with E-state index in [-0.39, 0.29) is 16.6 Å². The molecule has 2 aliphatic carbocycles. The van der Waals surface area contributed by atoms with E-state index >= 15 is 0 Å². The van der Waals surface area contributed by atoms with Gasteiger partial charge in [-0.05, 0) is 31.1 Å². The molecule has 2 fully saturated rings. The van der Waals surface area contributed by atoms with Crippen LogP contribution in [0.3, 0.4) is 0 Å². The second kappa shape index (κ2) is 4.35. The molecule has 17 heavy (non-hydrogen) atoms. The standard InChI is InChI=1S/C10H16O.C2H6O3S/c1-9(2)7-4-5-10(9,3)8(11)6-7;1-2-6(3,4)5/h7H,4-6H2,1-3H3;2H2,1H3,(H,3,4,5). The lowest BCUT2D eigenvalue weighted by atomic mass is 9.70. The third kappa shape index (κ3) is 2.55. The summed E-state index contributed by atoms with van der Waals surface area (Å²) in [5.41, 5.74) is 0.307. The maximum atomic E-state index is 11.6. The molecular weight excluding hydrogens is 240 g/mol. The van der Waals surface area contributed by atoms with Gasteiger partial charge in [-0.3, -0.25) is 9.35 Å². The highest BCUT2D eigenvalue weighted by atomic mass is 32.2. The van der Waals surface area contributed by atoms with E-state index in [4.69, 9.17) is 4.55 Å². The molecule has 0 heterocycles. The minimum absolute atomic E-state index is 0.0255. The molecule has 0 aromatic rings. The highest BCUT2D eigenvalue weighted by Gasteiger charge is 2.61. The zero-order valence-electron chi connectivity index (χ0n) is 11.0. The fourth-order valence-electron chi connectivity index (χ4n) is 2.90. The molecule has 100 valence electrons. The second-order valence-electron chi connectivity index (χ2n) is 5.79. The molecule has 2 atom stereocenters. The Bertz CT molecular complexity index is 410. The summed E-state index contributed by atoms with van der Waals surface area (Å²) in [6, 6.07) is 0. The molecule has 0 radical (unpaired) electrons. The smallest absolute Gasteiger partial charge is 0.264 e. The van der Waals surface area contributed by atoms with Crippen molar-refractivity contribution in [1.29, 1.82) is 0 Å². The fraction of sp³-hybridized carbons (Fsp3) is 0.917. The molecule has 5 heteroatoms. The molecule has 1 N–H and O–H groups in total. The van der Waals surface area contributed by atoms with Crippen LogP contribution in [0.1, 0.15) is 47.0 Å². The molecule has 0 saturated heterocycles. The van der Waals surface area contributed by atoms with Gasteiger partial charge in [0.05, 0.1) is 5.75 Å². The summed E-state index contributed by atoms with van der Waals surface area (Å²) in [5.74, 6) is 0.992. The van der Waals surface area contributed by atoms with Gasteiger partial charge in [-0.15, -0.1) is 0 Å².